The molecular formula is C14H8Cl3FO. The van der Waals surface area contributed by atoms with Crippen molar-refractivity contribution in [2.45, 2.75) is 6.92 Å². The van der Waals surface area contributed by atoms with Crippen molar-refractivity contribution in [1.82, 2.24) is 0 Å². The second kappa shape index (κ2) is 5.49. The average Bonchev–Trinajstić information content (AvgIpc) is 2.30. The van der Waals surface area contributed by atoms with E-state index in [0.29, 0.717) is 10.6 Å². The first-order chi connectivity index (χ1) is 8.90. The van der Waals surface area contributed by atoms with E-state index in [9.17, 15) is 9.18 Å². The molecule has 1 nitrogen and oxygen atoms in total. The zero-order valence-corrected chi connectivity index (χ0v) is 12.1. The zero-order chi connectivity index (χ0) is 14.2. The summed E-state index contributed by atoms with van der Waals surface area (Å²) in [6.07, 6.45) is 0. The Morgan fingerprint density at radius 1 is 1.05 bits per heavy atom. The highest BCUT2D eigenvalue weighted by atomic mass is 35.5. The van der Waals surface area contributed by atoms with E-state index in [-0.39, 0.29) is 21.2 Å². The standard InChI is InChI=1S/C14H8Cl3FO/c1-7-2-3-9(18)6-10(7)14(19)13-11(16)4-8(15)5-12(13)17/h2-6H,1H3. The van der Waals surface area contributed by atoms with Gasteiger partial charge in [-0.1, -0.05) is 40.9 Å². The highest BCUT2D eigenvalue weighted by Gasteiger charge is 2.19. The summed E-state index contributed by atoms with van der Waals surface area (Å²) >= 11 is 17.8. The normalized spacial score (nSPS) is 10.6. The van der Waals surface area contributed by atoms with Crippen LogP contribution < -0.4 is 0 Å². The molecule has 0 heterocycles. The van der Waals surface area contributed by atoms with Crippen molar-refractivity contribution in [3.8, 4) is 0 Å². The number of halogens is 4. The molecule has 98 valence electrons. The molecule has 0 radical (unpaired) electrons. The minimum Gasteiger partial charge on any atom is -0.288 e. The maximum atomic E-state index is 13.2. The molecule has 2 aromatic rings. The van der Waals surface area contributed by atoms with Crippen molar-refractivity contribution in [2.24, 2.45) is 0 Å². The Hall–Kier alpha value is -1.09. The van der Waals surface area contributed by atoms with Gasteiger partial charge in [-0.05, 0) is 36.8 Å². The Balaban J connectivity index is 2.59. The monoisotopic (exact) mass is 316 g/mol. The summed E-state index contributed by atoms with van der Waals surface area (Å²) < 4.78 is 13.2. The van der Waals surface area contributed by atoms with Gasteiger partial charge in [-0.3, -0.25) is 4.79 Å². The van der Waals surface area contributed by atoms with Gasteiger partial charge in [-0.2, -0.15) is 0 Å². The Morgan fingerprint density at radius 2 is 1.63 bits per heavy atom. The predicted molar refractivity (Wildman–Crippen MR) is 76.0 cm³/mol. The second-order valence-electron chi connectivity index (χ2n) is 4.03. The fraction of sp³-hybridized carbons (Fsp3) is 0.0714. The molecule has 0 atom stereocenters. The van der Waals surface area contributed by atoms with E-state index in [2.05, 4.69) is 0 Å². The van der Waals surface area contributed by atoms with Crippen molar-refractivity contribution < 1.29 is 9.18 Å². The van der Waals surface area contributed by atoms with Gasteiger partial charge in [0.25, 0.3) is 0 Å². The summed E-state index contributed by atoms with van der Waals surface area (Å²) in [5.74, 6) is -0.918. The van der Waals surface area contributed by atoms with Crippen LogP contribution in [0, 0.1) is 12.7 Å². The van der Waals surface area contributed by atoms with Crippen LogP contribution in [0.25, 0.3) is 0 Å². The lowest BCUT2D eigenvalue weighted by Gasteiger charge is -2.09. The summed E-state index contributed by atoms with van der Waals surface area (Å²) in [5, 5.41) is 0.625. The van der Waals surface area contributed by atoms with Gasteiger partial charge in [-0.25, -0.2) is 4.39 Å². The van der Waals surface area contributed by atoms with Crippen LogP contribution in [-0.4, -0.2) is 5.78 Å². The van der Waals surface area contributed by atoms with Crippen LogP contribution in [0.2, 0.25) is 15.1 Å². The molecule has 2 aromatic carbocycles. The number of carbonyl (C=O) groups is 1. The minimum atomic E-state index is -0.491. The maximum absolute atomic E-state index is 13.2. The molecule has 2 rings (SSSR count). The van der Waals surface area contributed by atoms with Gasteiger partial charge in [0, 0.05) is 10.6 Å². The van der Waals surface area contributed by atoms with Gasteiger partial charge in [0.05, 0.1) is 15.6 Å². The van der Waals surface area contributed by atoms with Gasteiger partial charge in [0.2, 0.25) is 0 Å². The first-order valence-corrected chi connectivity index (χ1v) is 6.49. The number of carbonyl (C=O) groups excluding carboxylic acids is 1. The summed E-state index contributed by atoms with van der Waals surface area (Å²) in [4.78, 5) is 12.4. The minimum absolute atomic E-state index is 0.126. The van der Waals surface area contributed by atoms with Crippen molar-refractivity contribution in [2.75, 3.05) is 0 Å². The fourth-order valence-electron chi connectivity index (χ4n) is 1.73. The first-order valence-electron chi connectivity index (χ1n) is 5.35. The maximum Gasteiger partial charge on any atom is 0.196 e. The SMILES string of the molecule is Cc1ccc(F)cc1C(=O)c1c(Cl)cc(Cl)cc1Cl. The molecule has 0 amide bonds. The highest BCUT2D eigenvalue weighted by molar-refractivity contribution is 6.43. The molecule has 0 bridgehead atoms. The van der Waals surface area contributed by atoms with Crippen molar-refractivity contribution >= 4 is 40.6 Å². The molecule has 19 heavy (non-hydrogen) atoms. The highest BCUT2D eigenvalue weighted by Crippen LogP contribution is 2.31. The summed E-state index contributed by atoms with van der Waals surface area (Å²) in [6.45, 7) is 1.71. The van der Waals surface area contributed by atoms with Crippen molar-refractivity contribution in [3.63, 3.8) is 0 Å². The average molecular weight is 318 g/mol. The van der Waals surface area contributed by atoms with Crippen LogP contribution in [0.5, 0.6) is 0 Å². The zero-order valence-electron chi connectivity index (χ0n) is 9.81. The molecule has 0 aliphatic carbocycles. The number of rotatable bonds is 2. The van der Waals surface area contributed by atoms with E-state index in [1.54, 1.807) is 6.92 Å². The summed E-state index contributed by atoms with van der Waals surface area (Å²) in [6, 6.07) is 6.84. The van der Waals surface area contributed by atoms with E-state index in [1.165, 1.54) is 30.3 Å². The van der Waals surface area contributed by atoms with Gasteiger partial charge >= 0.3 is 0 Å². The van der Waals surface area contributed by atoms with Crippen molar-refractivity contribution in [1.29, 1.82) is 0 Å². The van der Waals surface area contributed by atoms with Crippen LogP contribution in [0.3, 0.4) is 0 Å². The van der Waals surface area contributed by atoms with Crippen LogP contribution in [0.1, 0.15) is 21.5 Å². The largest absolute Gasteiger partial charge is 0.288 e. The summed E-state index contributed by atoms with van der Waals surface area (Å²) in [7, 11) is 0. The molecular weight excluding hydrogens is 310 g/mol. The van der Waals surface area contributed by atoms with E-state index >= 15 is 0 Å². The second-order valence-corrected chi connectivity index (χ2v) is 5.28. The van der Waals surface area contributed by atoms with Gasteiger partial charge < -0.3 is 0 Å². The van der Waals surface area contributed by atoms with E-state index in [0.717, 1.165) is 0 Å². The van der Waals surface area contributed by atoms with E-state index in [1.807, 2.05) is 0 Å². The third-order valence-electron chi connectivity index (χ3n) is 2.68. The lowest BCUT2D eigenvalue weighted by Crippen LogP contribution is -2.06. The number of benzene rings is 2. The Bertz CT molecular complexity index is 645. The molecule has 0 spiro atoms. The van der Waals surface area contributed by atoms with Gasteiger partial charge in [-0.15, -0.1) is 0 Å². The van der Waals surface area contributed by atoms with Crippen LogP contribution >= 0.6 is 34.8 Å². The Kier molecular flexibility index (Phi) is 4.14. The molecule has 0 aliphatic rings. The smallest absolute Gasteiger partial charge is 0.196 e. The lowest BCUT2D eigenvalue weighted by molar-refractivity contribution is 0.103. The number of aryl methyl sites for hydroxylation is 1. The number of ketones is 1. The Morgan fingerprint density at radius 3 is 2.21 bits per heavy atom. The molecule has 0 unspecified atom stereocenters. The van der Waals surface area contributed by atoms with Crippen LogP contribution in [0.4, 0.5) is 4.39 Å². The lowest BCUT2D eigenvalue weighted by atomic mass is 9.99. The predicted octanol–water partition coefficient (Wildman–Crippen LogP) is 5.33. The summed E-state index contributed by atoms with van der Waals surface area (Å²) in [5.41, 5.74) is 1.00. The molecule has 0 saturated heterocycles. The molecule has 0 fully saturated rings. The molecule has 0 aromatic heterocycles. The molecule has 0 aliphatic heterocycles. The fourth-order valence-corrected chi connectivity index (χ4v) is 2.72. The van der Waals surface area contributed by atoms with E-state index in [4.69, 9.17) is 34.8 Å². The van der Waals surface area contributed by atoms with E-state index < -0.39 is 11.6 Å². The molecule has 0 saturated carbocycles. The first kappa shape index (κ1) is 14.3. The quantitative estimate of drug-likeness (QED) is 0.685. The van der Waals surface area contributed by atoms with Gasteiger partial charge in [0.15, 0.2) is 5.78 Å². The third kappa shape index (κ3) is 2.92. The molecule has 0 N–H and O–H groups in total. The molecule has 5 heteroatoms. The number of hydrogen-bond acceptors (Lipinski definition) is 1. The Labute approximate surface area is 124 Å². The van der Waals surface area contributed by atoms with Crippen molar-refractivity contribution in [3.05, 3.63) is 67.9 Å². The van der Waals surface area contributed by atoms with Gasteiger partial charge in [0.1, 0.15) is 5.82 Å². The third-order valence-corrected chi connectivity index (χ3v) is 3.49. The number of hydrogen-bond donors (Lipinski definition) is 0. The topological polar surface area (TPSA) is 17.1 Å². The van der Waals surface area contributed by atoms with Crippen LogP contribution in [0.15, 0.2) is 30.3 Å². The van der Waals surface area contributed by atoms with Crippen LogP contribution in [-0.2, 0) is 0 Å².